The predicted molar refractivity (Wildman–Crippen MR) is 48.2 cm³/mol. The molecule has 0 bridgehead atoms. The SMILES string of the molecule is O=C1CCCN1CN1CCOCC1.[Cl-]. The molecule has 0 radical (unpaired) electrons. The van der Waals surface area contributed by atoms with Crippen LogP contribution >= 0.6 is 0 Å². The summed E-state index contributed by atoms with van der Waals surface area (Å²) in [5.74, 6) is 0.312. The van der Waals surface area contributed by atoms with Crippen molar-refractivity contribution in [3.8, 4) is 0 Å². The number of amides is 1. The normalized spacial score (nSPS) is 23.7. The highest BCUT2D eigenvalue weighted by molar-refractivity contribution is 5.77. The van der Waals surface area contributed by atoms with Crippen LogP contribution in [0.5, 0.6) is 0 Å². The topological polar surface area (TPSA) is 32.8 Å². The molecule has 2 rings (SSSR count). The summed E-state index contributed by atoms with van der Waals surface area (Å²) in [5, 5.41) is 0. The van der Waals surface area contributed by atoms with Crippen molar-refractivity contribution < 1.29 is 21.9 Å². The van der Waals surface area contributed by atoms with Gasteiger partial charge in [-0.1, -0.05) is 0 Å². The van der Waals surface area contributed by atoms with Crippen LogP contribution in [0.25, 0.3) is 0 Å². The molecule has 0 unspecified atom stereocenters. The van der Waals surface area contributed by atoms with E-state index in [1.165, 1.54) is 0 Å². The molecule has 2 heterocycles. The monoisotopic (exact) mass is 219 g/mol. The molecule has 5 heteroatoms. The number of nitrogens with zero attached hydrogens (tertiary/aromatic N) is 2. The molecule has 0 spiro atoms. The number of morpholine rings is 1. The highest BCUT2D eigenvalue weighted by Gasteiger charge is 2.22. The summed E-state index contributed by atoms with van der Waals surface area (Å²) in [6.07, 6.45) is 1.77. The molecule has 0 aromatic heterocycles. The van der Waals surface area contributed by atoms with Crippen LogP contribution in [-0.2, 0) is 9.53 Å². The second-order valence-electron chi connectivity index (χ2n) is 3.63. The van der Waals surface area contributed by atoms with Gasteiger partial charge in [0, 0.05) is 26.1 Å². The Kier molecular flexibility index (Phi) is 4.65. The van der Waals surface area contributed by atoms with E-state index in [4.69, 9.17) is 4.74 Å². The van der Waals surface area contributed by atoms with Crippen molar-refractivity contribution in [2.75, 3.05) is 39.5 Å². The lowest BCUT2D eigenvalue weighted by Gasteiger charge is -2.30. The Hall–Kier alpha value is -0.320. The van der Waals surface area contributed by atoms with Gasteiger partial charge in [0.15, 0.2) is 0 Å². The minimum atomic E-state index is 0. The molecule has 0 aromatic rings. The van der Waals surface area contributed by atoms with Crippen LogP contribution in [-0.4, -0.2) is 55.2 Å². The Morgan fingerprint density at radius 1 is 1.21 bits per heavy atom. The molecule has 2 fully saturated rings. The molecule has 2 saturated heterocycles. The van der Waals surface area contributed by atoms with Crippen molar-refractivity contribution in [1.82, 2.24) is 9.80 Å². The average molecular weight is 220 g/mol. The largest absolute Gasteiger partial charge is 1.00 e. The van der Waals surface area contributed by atoms with Gasteiger partial charge in [0.05, 0.1) is 19.9 Å². The van der Waals surface area contributed by atoms with E-state index in [-0.39, 0.29) is 12.4 Å². The van der Waals surface area contributed by atoms with Gasteiger partial charge in [-0.3, -0.25) is 9.69 Å². The van der Waals surface area contributed by atoms with Crippen molar-refractivity contribution in [1.29, 1.82) is 0 Å². The maximum absolute atomic E-state index is 11.3. The average Bonchev–Trinajstić information content (AvgIpc) is 2.54. The lowest BCUT2D eigenvalue weighted by atomic mass is 10.4. The standard InChI is InChI=1S/C9H16N2O2.ClH/c12-9-2-1-3-11(9)8-10-4-6-13-7-5-10;/h1-8H2;1H/p-1. The highest BCUT2D eigenvalue weighted by atomic mass is 35.5. The zero-order valence-electron chi connectivity index (χ0n) is 8.25. The Labute approximate surface area is 90.6 Å². The van der Waals surface area contributed by atoms with Gasteiger partial charge in [-0.2, -0.15) is 0 Å². The van der Waals surface area contributed by atoms with Crippen molar-refractivity contribution >= 4 is 5.91 Å². The molecule has 0 atom stereocenters. The fraction of sp³-hybridized carbons (Fsp3) is 0.889. The van der Waals surface area contributed by atoms with Crippen LogP contribution in [0.1, 0.15) is 12.8 Å². The number of hydrogen-bond donors (Lipinski definition) is 0. The predicted octanol–water partition coefficient (Wildman–Crippen LogP) is -3.10. The molecule has 0 aromatic carbocycles. The van der Waals surface area contributed by atoms with E-state index in [0.717, 1.165) is 52.4 Å². The Morgan fingerprint density at radius 3 is 2.50 bits per heavy atom. The van der Waals surface area contributed by atoms with Gasteiger partial charge in [-0.05, 0) is 6.42 Å². The second-order valence-corrected chi connectivity index (χ2v) is 3.63. The van der Waals surface area contributed by atoms with Gasteiger partial charge in [0.1, 0.15) is 0 Å². The van der Waals surface area contributed by atoms with Crippen LogP contribution in [0, 0.1) is 0 Å². The smallest absolute Gasteiger partial charge is 0.223 e. The maximum atomic E-state index is 11.3. The quantitative estimate of drug-likeness (QED) is 0.494. The van der Waals surface area contributed by atoms with Gasteiger partial charge in [0.25, 0.3) is 0 Å². The summed E-state index contributed by atoms with van der Waals surface area (Å²) in [6, 6.07) is 0. The van der Waals surface area contributed by atoms with Crippen LogP contribution in [0.2, 0.25) is 0 Å². The van der Waals surface area contributed by atoms with Crippen LogP contribution in [0.3, 0.4) is 0 Å². The molecular formula is C9H16ClN2O2-. The van der Waals surface area contributed by atoms with Gasteiger partial charge in [-0.25, -0.2) is 0 Å². The molecular weight excluding hydrogens is 204 g/mol. The Morgan fingerprint density at radius 2 is 1.93 bits per heavy atom. The Balaban J connectivity index is 0.000000980. The van der Waals surface area contributed by atoms with E-state index in [2.05, 4.69) is 4.90 Å². The number of hydrogen-bond acceptors (Lipinski definition) is 3. The zero-order chi connectivity index (χ0) is 9.10. The first-order chi connectivity index (χ1) is 6.36. The molecule has 0 aliphatic carbocycles. The van der Waals surface area contributed by atoms with Gasteiger partial charge in [-0.15, -0.1) is 0 Å². The van der Waals surface area contributed by atoms with Crippen molar-refractivity contribution in [3.63, 3.8) is 0 Å². The molecule has 14 heavy (non-hydrogen) atoms. The zero-order valence-corrected chi connectivity index (χ0v) is 9.00. The third-order valence-electron chi connectivity index (χ3n) is 2.65. The molecule has 1 amide bonds. The first-order valence-electron chi connectivity index (χ1n) is 4.94. The van der Waals surface area contributed by atoms with Crippen molar-refractivity contribution in [2.24, 2.45) is 0 Å². The molecule has 4 nitrogen and oxygen atoms in total. The van der Waals surface area contributed by atoms with Crippen LogP contribution < -0.4 is 12.4 Å². The first kappa shape index (κ1) is 11.8. The fourth-order valence-corrected chi connectivity index (χ4v) is 1.84. The van der Waals surface area contributed by atoms with Gasteiger partial charge < -0.3 is 22.0 Å². The van der Waals surface area contributed by atoms with E-state index in [1.54, 1.807) is 0 Å². The second kappa shape index (κ2) is 5.53. The molecule has 82 valence electrons. The van der Waals surface area contributed by atoms with Gasteiger partial charge in [0.2, 0.25) is 5.91 Å². The van der Waals surface area contributed by atoms with E-state index < -0.39 is 0 Å². The third kappa shape index (κ3) is 2.83. The lowest BCUT2D eigenvalue weighted by Crippen LogP contribution is -3.00. The summed E-state index contributed by atoms with van der Waals surface area (Å²) in [6.45, 7) is 5.29. The lowest BCUT2D eigenvalue weighted by molar-refractivity contribution is -0.130. The van der Waals surface area contributed by atoms with Crippen molar-refractivity contribution in [2.45, 2.75) is 12.8 Å². The number of rotatable bonds is 2. The molecule has 0 N–H and O–H groups in total. The summed E-state index contributed by atoms with van der Waals surface area (Å²) in [7, 11) is 0. The summed E-state index contributed by atoms with van der Waals surface area (Å²) >= 11 is 0. The first-order valence-corrected chi connectivity index (χ1v) is 4.94. The number of carbonyl (C=O) groups is 1. The third-order valence-corrected chi connectivity index (χ3v) is 2.65. The summed E-state index contributed by atoms with van der Waals surface area (Å²) < 4.78 is 5.25. The van der Waals surface area contributed by atoms with Gasteiger partial charge >= 0.3 is 0 Å². The summed E-state index contributed by atoms with van der Waals surface area (Å²) in [5.41, 5.74) is 0. The summed E-state index contributed by atoms with van der Waals surface area (Å²) in [4.78, 5) is 15.6. The molecule has 2 aliphatic heterocycles. The maximum Gasteiger partial charge on any atom is 0.223 e. The minimum Gasteiger partial charge on any atom is -1.00 e. The molecule has 2 aliphatic rings. The number of carbonyl (C=O) groups excluding carboxylic acids is 1. The highest BCUT2D eigenvalue weighted by Crippen LogP contribution is 2.10. The van der Waals surface area contributed by atoms with E-state index in [9.17, 15) is 4.79 Å². The van der Waals surface area contributed by atoms with E-state index in [0.29, 0.717) is 5.91 Å². The van der Waals surface area contributed by atoms with E-state index in [1.807, 2.05) is 4.90 Å². The molecule has 0 saturated carbocycles. The van der Waals surface area contributed by atoms with Crippen LogP contribution in [0.15, 0.2) is 0 Å². The Bertz CT molecular complexity index is 195. The number of ether oxygens (including phenoxy) is 1. The van der Waals surface area contributed by atoms with Crippen LogP contribution in [0.4, 0.5) is 0 Å². The van der Waals surface area contributed by atoms with E-state index >= 15 is 0 Å². The number of halogens is 1. The minimum absolute atomic E-state index is 0. The van der Waals surface area contributed by atoms with Crippen molar-refractivity contribution in [3.05, 3.63) is 0 Å². The fourth-order valence-electron chi connectivity index (χ4n) is 1.84. The number of likely N-dealkylation sites (tertiary alicyclic amines) is 1.